The van der Waals surface area contributed by atoms with Gasteiger partial charge < -0.3 is 13.7 Å². The van der Waals surface area contributed by atoms with Gasteiger partial charge in [-0.05, 0) is 78.2 Å². The van der Waals surface area contributed by atoms with Crippen LogP contribution < -0.4 is 4.90 Å². The molecule has 0 amide bonds. The van der Waals surface area contributed by atoms with Gasteiger partial charge in [0.05, 0.1) is 17.6 Å². The molecule has 1 aliphatic heterocycles. The van der Waals surface area contributed by atoms with E-state index < -0.39 is 0 Å². The van der Waals surface area contributed by atoms with Crippen LogP contribution in [0.2, 0.25) is 0 Å². The number of rotatable bonds is 5. The summed E-state index contributed by atoms with van der Waals surface area (Å²) in [5.41, 5.74) is 14.1. The lowest BCUT2D eigenvalue weighted by atomic mass is 9.88. The van der Waals surface area contributed by atoms with Crippen LogP contribution >= 0.6 is 0 Å². The van der Waals surface area contributed by atoms with Crippen molar-refractivity contribution in [1.29, 1.82) is 0 Å². The van der Waals surface area contributed by atoms with Gasteiger partial charge in [-0.3, -0.25) is 4.99 Å². The van der Waals surface area contributed by atoms with Gasteiger partial charge in [0, 0.05) is 90.7 Å². The Balaban J connectivity index is 1.02. The molecule has 0 spiro atoms. The van der Waals surface area contributed by atoms with E-state index in [1.165, 1.54) is 10.8 Å². The van der Waals surface area contributed by atoms with Crippen LogP contribution in [0.3, 0.4) is 0 Å². The second kappa shape index (κ2) is 13.1. The van der Waals surface area contributed by atoms with E-state index in [1.807, 2.05) is 49.8 Å². The summed E-state index contributed by atoms with van der Waals surface area (Å²) in [6, 6.07) is 40.4. The number of aromatic nitrogens is 2. The Morgan fingerprint density at radius 1 is 0.644 bits per heavy atom. The average Bonchev–Trinajstić information content (AvgIpc) is 3.76. The molecule has 0 atom stereocenters. The molecule has 59 heavy (non-hydrogen) atoms. The molecule has 0 N–H and O–H groups in total. The van der Waals surface area contributed by atoms with Crippen molar-refractivity contribution < 1.29 is 8.83 Å². The van der Waals surface area contributed by atoms with Crippen molar-refractivity contribution in [1.82, 2.24) is 9.97 Å². The number of para-hydroxylation sites is 2. The van der Waals surface area contributed by atoms with E-state index in [0.717, 1.165) is 118 Å². The number of aliphatic imine (C=N–C) groups is 1. The SMILES string of the molecule is Cc1cnc(C2=Cc3oc4c5cccc6c7c8ccc(C9=N/C=C(/N(c%10ccccc%10)c%10ccccc%10)C=C=CC9)cc8oc7c7cccc(c4c3C=CC2)c7c56)nc1. The number of fused-ring (bicyclic) bond motifs is 10. The lowest BCUT2D eigenvalue weighted by Gasteiger charge is -2.25. The zero-order valence-corrected chi connectivity index (χ0v) is 32.1. The molecule has 2 aliphatic rings. The van der Waals surface area contributed by atoms with Gasteiger partial charge >= 0.3 is 0 Å². The van der Waals surface area contributed by atoms with E-state index >= 15 is 0 Å². The summed E-state index contributed by atoms with van der Waals surface area (Å²) in [5.74, 6) is 1.54. The van der Waals surface area contributed by atoms with E-state index in [2.05, 4.69) is 142 Å². The Labute approximate surface area is 339 Å². The van der Waals surface area contributed by atoms with Gasteiger partial charge in [-0.1, -0.05) is 91.0 Å². The van der Waals surface area contributed by atoms with Gasteiger partial charge in [-0.15, -0.1) is 5.73 Å². The highest BCUT2D eigenvalue weighted by atomic mass is 16.3. The molecule has 0 saturated heterocycles. The number of hydrogen-bond acceptors (Lipinski definition) is 6. The monoisotopic (exact) mass is 758 g/mol. The zero-order chi connectivity index (χ0) is 39.0. The molecule has 12 rings (SSSR count). The van der Waals surface area contributed by atoms with Gasteiger partial charge in [0.2, 0.25) is 0 Å². The van der Waals surface area contributed by atoms with Crippen LogP contribution in [0.15, 0.2) is 177 Å². The smallest absolute Gasteiger partial charge is 0.155 e. The van der Waals surface area contributed by atoms with Crippen molar-refractivity contribution in [2.75, 3.05) is 4.90 Å². The average molecular weight is 759 g/mol. The van der Waals surface area contributed by atoms with Crippen LogP contribution in [0.25, 0.3) is 83.0 Å². The minimum Gasteiger partial charge on any atom is -0.455 e. The minimum atomic E-state index is 0.638. The fourth-order valence-electron chi connectivity index (χ4n) is 9.05. The van der Waals surface area contributed by atoms with Gasteiger partial charge in [-0.25, -0.2) is 9.97 Å². The molecule has 278 valence electrons. The van der Waals surface area contributed by atoms with Gasteiger partial charge in [0.25, 0.3) is 0 Å². The fraction of sp³-hybridized carbons (Fsp3) is 0.0566. The number of hydrogen-bond donors (Lipinski definition) is 0. The van der Waals surface area contributed by atoms with E-state index in [9.17, 15) is 0 Å². The maximum atomic E-state index is 6.96. The number of nitrogens with zero attached hydrogens (tertiary/aromatic N) is 4. The molecule has 0 bridgehead atoms. The fourth-order valence-corrected chi connectivity index (χ4v) is 9.05. The number of allylic oxidation sites excluding steroid dienone is 3. The highest BCUT2D eigenvalue weighted by Gasteiger charge is 2.25. The second-order valence-corrected chi connectivity index (χ2v) is 15.3. The number of benzene rings is 7. The third kappa shape index (κ3) is 5.24. The number of anilines is 2. The van der Waals surface area contributed by atoms with Crippen LogP contribution in [-0.2, 0) is 0 Å². The molecule has 0 radical (unpaired) electrons. The maximum Gasteiger partial charge on any atom is 0.155 e. The molecule has 3 aromatic heterocycles. The van der Waals surface area contributed by atoms with Crippen LogP contribution in [0.5, 0.6) is 0 Å². The van der Waals surface area contributed by atoms with Crippen LogP contribution in [0.1, 0.15) is 41.1 Å². The number of furan rings is 2. The molecule has 0 unspecified atom stereocenters. The molecule has 0 fully saturated rings. The Morgan fingerprint density at radius 3 is 2.05 bits per heavy atom. The predicted molar refractivity (Wildman–Crippen MR) is 242 cm³/mol. The molecule has 10 aromatic rings. The molecule has 0 saturated carbocycles. The Kier molecular flexibility index (Phi) is 7.43. The van der Waals surface area contributed by atoms with Crippen LogP contribution in [0, 0.1) is 6.92 Å². The Bertz CT molecular complexity index is 3480. The molecular weight excluding hydrogens is 725 g/mol. The topological polar surface area (TPSA) is 67.7 Å². The summed E-state index contributed by atoms with van der Waals surface area (Å²) >= 11 is 0. The van der Waals surface area contributed by atoms with Crippen LogP contribution in [-0.4, -0.2) is 15.7 Å². The second-order valence-electron chi connectivity index (χ2n) is 15.3. The lowest BCUT2D eigenvalue weighted by molar-refractivity contribution is 0.607. The molecule has 1 aliphatic carbocycles. The third-order valence-corrected chi connectivity index (χ3v) is 11.7. The quantitative estimate of drug-likeness (QED) is 0.129. The maximum absolute atomic E-state index is 6.96. The normalized spacial score (nSPS) is 15.1. The lowest BCUT2D eigenvalue weighted by Crippen LogP contribution is -2.15. The predicted octanol–water partition coefficient (Wildman–Crippen LogP) is 13.9. The van der Waals surface area contributed by atoms with E-state index in [-0.39, 0.29) is 0 Å². The van der Waals surface area contributed by atoms with Crippen molar-refractivity contribution in [3.63, 3.8) is 0 Å². The van der Waals surface area contributed by atoms with Crippen molar-refractivity contribution in [2.45, 2.75) is 19.8 Å². The van der Waals surface area contributed by atoms with Crippen LogP contribution in [0.4, 0.5) is 11.4 Å². The highest BCUT2D eigenvalue weighted by molar-refractivity contribution is 6.41. The van der Waals surface area contributed by atoms with Gasteiger partial charge in [0.1, 0.15) is 22.5 Å². The molecule has 6 nitrogen and oxygen atoms in total. The van der Waals surface area contributed by atoms with Crippen molar-refractivity contribution in [2.24, 2.45) is 4.99 Å². The first kappa shape index (κ1) is 33.4. The standard InChI is InChI=1S/C53H34N4O2/c1-32-29-55-53(56-30-32)34-13-10-19-38-46(28-34)59-51-42-22-12-21-41-48(42)47-40(49(38)51)20-11-23-43(47)52-50(41)39-26-25-33(27-45(39)58-52)44-24-9-8-18-37(31-54-44)57(35-14-4-2-5-15-35)36-16-6-3-7-17-36/h2-7,9-12,14-23,25-31H,13,24H2,1H3/b37-31+,54-44?. The molecule has 7 aromatic carbocycles. The van der Waals surface area contributed by atoms with Crippen molar-refractivity contribution in [3.05, 3.63) is 192 Å². The summed E-state index contributed by atoms with van der Waals surface area (Å²) in [7, 11) is 0. The van der Waals surface area contributed by atoms with E-state index in [0.29, 0.717) is 6.42 Å². The minimum absolute atomic E-state index is 0.638. The first-order valence-electron chi connectivity index (χ1n) is 19.9. The Hall–Kier alpha value is -7.79. The summed E-state index contributed by atoms with van der Waals surface area (Å²) in [6.45, 7) is 2.00. The molecule has 6 heteroatoms. The summed E-state index contributed by atoms with van der Waals surface area (Å²) in [5, 5.41) is 10.1. The number of aryl methyl sites for hydroxylation is 1. The van der Waals surface area contributed by atoms with E-state index in [1.54, 1.807) is 0 Å². The first-order chi connectivity index (χ1) is 29.2. The largest absolute Gasteiger partial charge is 0.455 e. The van der Waals surface area contributed by atoms with Crippen molar-refractivity contribution >= 4 is 100 Å². The zero-order valence-electron chi connectivity index (χ0n) is 32.1. The third-order valence-electron chi connectivity index (χ3n) is 11.7. The first-order valence-corrected chi connectivity index (χ1v) is 19.9. The Morgan fingerprint density at radius 2 is 1.32 bits per heavy atom. The molecular formula is C53H34N4O2. The highest BCUT2D eigenvalue weighted by Crippen LogP contribution is 2.49. The van der Waals surface area contributed by atoms with Crippen molar-refractivity contribution in [3.8, 4) is 0 Å². The van der Waals surface area contributed by atoms with E-state index in [4.69, 9.17) is 13.8 Å². The molecule has 4 heterocycles. The summed E-state index contributed by atoms with van der Waals surface area (Å²) in [4.78, 5) is 16.6. The summed E-state index contributed by atoms with van der Waals surface area (Å²) < 4.78 is 13.8. The summed E-state index contributed by atoms with van der Waals surface area (Å²) in [6.07, 6.45) is 17.6. The van der Waals surface area contributed by atoms with Gasteiger partial charge in [0.15, 0.2) is 5.82 Å². The van der Waals surface area contributed by atoms with Gasteiger partial charge in [-0.2, -0.15) is 0 Å².